The molecule has 3 rings (SSSR count). The van der Waals surface area contributed by atoms with Crippen LogP contribution in [0.25, 0.3) is 0 Å². The third-order valence-electron chi connectivity index (χ3n) is 3.27. The lowest BCUT2D eigenvalue weighted by molar-refractivity contribution is -0.116. The molecule has 0 bridgehead atoms. The highest BCUT2D eigenvalue weighted by molar-refractivity contribution is 7.16. The number of benzene rings is 1. The summed E-state index contributed by atoms with van der Waals surface area (Å²) in [7, 11) is 1.81. The first-order chi connectivity index (χ1) is 9.71. The Bertz CT molecular complexity index is 699. The molecule has 6 heteroatoms. The summed E-state index contributed by atoms with van der Waals surface area (Å²) in [5.74, 6) is 0.621. The molecule has 5 nitrogen and oxygen atoms in total. The largest absolute Gasteiger partial charge is 0.365 e. The van der Waals surface area contributed by atoms with Gasteiger partial charge in [-0.15, -0.1) is 0 Å². The van der Waals surface area contributed by atoms with E-state index in [-0.39, 0.29) is 11.8 Å². The van der Waals surface area contributed by atoms with Crippen LogP contribution in [0.4, 0.5) is 10.9 Å². The number of nitrogens with zero attached hydrogens (tertiary/aromatic N) is 2. The van der Waals surface area contributed by atoms with Crippen LogP contribution in [0.3, 0.4) is 0 Å². The molecule has 1 amide bonds. The average Bonchev–Trinajstić information content (AvgIpc) is 2.89. The summed E-state index contributed by atoms with van der Waals surface area (Å²) in [6, 6.07) is 9.47. The minimum atomic E-state index is -0.0280. The van der Waals surface area contributed by atoms with Crippen molar-refractivity contribution < 1.29 is 4.79 Å². The van der Waals surface area contributed by atoms with Gasteiger partial charge in [-0.1, -0.05) is 23.5 Å². The van der Waals surface area contributed by atoms with Gasteiger partial charge in [0.2, 0.25) is 5.91 Å². The van der Waals surface area contributed by atoms with Crippen LogP contribution in [0.1, 0.15) is 28.3 Å². The van der Waals surface area contributed by atoms with E-state index in [1.807, 2.05) is 19.2 Å². The van der Waals surface area contributed by atoms with Gasteiger partial charge in [-0.05, 0) is 17.7 Å². The molecule has 0 saturated carbocycles. The predicted molar refractivity (Wildman–Crippen MR) is 77.9 cm³/mol. The monoisotopic (exact) mass is 284 g/mol. The van der Waals surface area contributed by atoms with Gasteiger partial charge in [0.15, 0.2) is 5.13 Å². The summed E-state index contributed by atoms with van der Waals surface area (Å²) in [5.41, 5.74) is 1.65. The number of carbonyl (C=O) groups excluding carboxylic acids is 1. The van der Waals surface area contributed by atoms with Crippen molar-refractivity contribution in [2.24, 2.45) is 0 Å². The van der Waals surface area contributed by atoms with Crippen LogP contribution in [0.5, 0.6) is 0 Å². The van der Waals surface area contributed by atoms with Crippen LogP contribution < -0.4 is 10.6 Å². The summed E-state index contributed by atoms with van der Waals surface area (Å²) in [5, 5.41) is 15.4. The van der Waals surface area contributed by atoms with Gasteiger partial charge in [-0.25, -0.2) is 4.98 Å². The van der Waals surface area contributed by atoms with Gasteiger partial charge in [-0.2, -0.15) is 5.26 Å². The van der Waals surface area contributed by atoms with Gasteiger partial charge >= 0.3 is 0 Å². The van der Waals surface area contributed by atoms with Gasteiger partial charge in [0, 0.05) is 19.4 Å². The molecular weight excluding hydrogens is 272 g/mol. The second-order valence-corrected chi connectivity index (χ2v) is 5.55. The molecule has 0 fully saturated rings. The van der Waals surface area contributed by atoms with E-state index in [9.17, 15) is 4.79 Å². The molecule has 0 radical (unpaired) electrons. The van der Waals surface area contributed by atoms with Crippen molar-refractivity contribution in [2.45, 2.75) is 12.3 Å². The average molecular weight is 284 g/mol. The molecule has 0 saturated heterocycles. The van der Waals surface area contributed by atoms with E-state index >= 15 is 0 Å². The zero-order valence-electron chi connectivity index (χ0n) is 10.8. The SMILES string of the molecule is CNc1nc2c(s1)[C@@H](c1ccc(C#N)cc1)CC(=O)N2. The van der Waals surface area contributed by atoms with Crippen LogP contribution in [-0.4, -0.2) is 17.9 Å². The summed E-state index contributed by atoms with van der Waals surface area (Å²) >= 11 is 1.55. The second-order valence-electron chi connectivity index (χ2n) is 4.52. The number of fused-ring (bicyclic) bond motifs is 1. The number of hydrogen-bond donors (Lipinski definition) is 2. The number of hydrogen-bond acceptors (Lipinski definition) is 5. The smallest absolute Gasteiger partial charge is 0.226 e. The zero-order valence-corrected chi connectivity index (χ0v) is 11.6. The zero-order chi connectivity index (χ0) is 14.1. The Kier molecular flexibility index (Phi) is 3.12. The second kappa shape index (κ2) is 4.94. The van der Waals surface area contributed by atoms with Gasteiger partial charge in [0.25, 0.3) is 0 Å². The molecule has 20 heavy (non-hydrogen) atoms. The lowest BCUT2D eigenvalue weighted by Gasteiger charge is -2.21. The minimum Gasteiger partial charge on any atom is -0.365 e. The predicted octanol–water partition coefficient (Wildman–Crippen LogP) is 2.53. The Morgan fingerprint density at radius 3 is 2.85 bits per heavy atom. The third kappa shape index (κ3) is 2.12. The number of amides is 1. The first kappa shape index (κ1) is 12.6. The van der Waals surface area contributed by atoms with Gasteiger partial charge in [0.1, 0.15) is 5.82 Å². The van der Waals surface area contributed by atoms with Crippen molar-refractivity contribution in [1.29, 1.82) is 5.26 Å². The van der Waals surface area contributed by atoms with Gasteiger partial charge in [-0.3, -0.25) is 4.79 Å². The van der Waals surface area contributed by atoms with Crippen molar-refractivity contribution >= 4 is 28.2 Å². The normalized spacial score (nSPS) is 17.0. The first-order valence-electron chi connectivity index (χ1n) is 6.19. The highest BCUT2D eigenvalue weighted by Gasteiger charge is 2.30. The van der Waals surface area contributed by atoms with Crippen LogP contribution in [0, 0.1) is 11.3 Å². The number of anilines is 2. The van der Waals surface area contributed by atoms with Crippen LogP contribution in [-0.2, 0) is 4.79 Å². The van der Waals surface area contributed by atoms with Crippen molar-refractivity contribution in [3.8, 4) is 6.07 Å². The maximum atomic E-state index is 11.8. The van der Waals surface area contributed by atoms with E-state index in [1.165, 1.54) is 0 Å². The van der Waals surface area contributed by atoms with Crippen LogP contribution >= 0.6 is 11.3 Å². The summed E-state index contributed by atoms with van der Waals surface area (Å²) in [6.07, 6.45) is 0.407. The summed E-state index contributed by atoms with van der Waals surface area (Å²) in [4.78, 5) is 17.2. The number of nitriles is 1. The maximum Gasteiger partial charge on any atom is 0.226 e. The van der Waals surface area contributed by atoms with Gasteiger partial charge < -0.3 is 10.6 Å². The lowest BCUT2D eigenvalue weighted by atomic mass is 9.91. The van der Waals surface area contributed by atoms with Gasteiger partial charge in [0.05, 0.1) is 16.5 Å². The van der Waals surface area contributed by atoms with E-state index in [0.29, 0.717) is 17.8 Å². The molecule has 1 aliphatic rings. The Balaban J connectivity index is 2.03. The molecule has 1 aromatic heterocycles. The molecular formula is C14H12N4OS. The van der Waals surface area contributed by atoms with E-state index < -0.39 is 0 Å². The highest BCUT2D eigenvalue weighted by Crippen LogP contribution is 2.42. The lowest BCUT2D eigenvalue weighted by Crippen LogP contribution is -2.22. The summed E-state index contributed by atoms with van der Waals surface area (Å²) in [6.45, 7) is 0. The number of carbonyl (C=O) groups is 1. The standard InChI is InChI=1S/C14H12N4OS/c1-16-14-18-13-12(20-14)10(6-11(19)17-13)9-4-2-8(7-15)3-5-9/h2-5,10H,6H2,1H3,(H,16,18)(H,17,19)/t10-/m1/s1. The van der Waals surface area contributed by atoms with Crippen LogP contribution in [0.2, 0.25) is 0 Å². The number of nitrogens with one attached hydrogen (secondary N) is 2. The fraction of sp³-hybridized carbons (Fsp3) is 0.214. The molecule has 100 valence electrons. The molecule has 1 atom stereocenters. The number of rotatable bonds is 2. The molecule has 0 aliphatic carbocycles. The van der Waals surface area contributed by atoms with Crippen molar-refractivity contribution in [3.63, 3.8) is 0 Å². The van der Waals surface area contributed by atoms with Crippen molar-refractivity contribution in [2.75, 3.05) is 17.7 Å². The third-order valence-corrected chi connectivity index (χ3v) is 4.46. The summed E-state index contributed by atoms with van der Waals surface area (Å²) < 4.78 is 0. The van der Waals surface area contributed by atoms with E-state index in [4.69, 9.17) is 5.26 Å². The highest BCUT2D eigenvalue weighted by atomic mass is 32.1. The van der Waals surface area contributed by atoms with Crippen molar-refractivity contribution in [1.82, 2.24) is 4.98 Å². The van der Waals surface area contributed by atoms with E-state index in [2.05, 4.69) is 21.7 Å². The Hall–Kier alpha value is -2.39. The quantitative estimate of drug-likeness (QED) is 0.888. The fourth-order valence-electron chi connectivity index (χ4n) is 2.28. The topological polar surface area (TPSA) is 77.8 Å². The molecule has 0 spiro atoms. The minimum absolute atomic E-state index is 0.00564. The molecule has 0 unspecified atom stereocenters. The molecule has 2 aromatic rings. The molecule has 1 aromatic carbocycles. The number of thiazole rings is 1. The van der Waals surface area contributed by atoms with E-state index in [1.54, 1.807) is 23.5 Å². The number of aromatic nitrogens is 1. The van der Waals surface area contributed by atoms with E-state index in [0.717, 1.165) is 15.6 Å². The van der Waals surface area contributed by atoms with Crippen LogP contribution in [0.15, 0.2) is 24.3 Å². The Morgan fingerprint density at radius 2 is 2.20 bits per heavy atom. The Morgan fingerprint density at radius 1 is 1.45 bits per heavy atom. The molecule has 2 N–H and O–H groups in total. The molecule has 2 heterocycles. The maximum absolute atomic E-state index is 11.8. The van der Waals surface area contributed by atoms with Crippen molar-refractivity contribution in [3.05, 3.63) is 40.3 Å². The Labute approximate surface area is 120 Å². The molecule has 1 aliphatic heterocycles. The first-order valence-corrected chi connectivity index (χ1v) is 7.01. The fourth-order valence-corrected chi connectivity index (χ4v) is 3.29.